The second-order valence-electron chi connectivity index (χ2n) is 4.51. The van der Waals surface area contributed by atoms with Gasteiger partial charge in [-0.05, 0) is 23.7 Å². The first-order valence-corrected chi connectivity index (χ1v) is 7.98. The van der Waals surface area contributed by atoms with E-state index in [9.17, 15) is 21.6 Å². The van der Waals surface area contributed by atoms with Crippen LogP contribution in [0.4, 0.5) is 13.2 Å². The number of hydrogen-bond acceptors (Lipinski definition) is 4. The highest BCUT2D eigenvalue weighted by molar-refractivity contribution is 7.92. The molecule has 0 saturated carbocycles. The first-order chi connectivity index (χ1) is 10.7. The van der Waals surface area contributed by atoms with Crippen molar-refractivity contribution in [1.29, 1.82) is 0 Å². The molecule has 0 aliphatic carbocycles. The van der Waals surface area contributed by atoms with E-state index in [1.807, 2.05) is 0 Å². The van der Waals surface area contributed by atoms with E-state index in [4.69, 9.17) is 11.6 Å². The summed E-state index contributed by atoms with van der Waals surface area (Å²) in [5.74, 6) is 0.157. The highest BCUT2D eigenvalue weighted by Crippen LogP contribution is 2.36. The molecule has 0 bridgehead atoms. The molecule has 1 aromatic carbocycles. The number of benzene rings is 1. The minimum absolute atomic E-state index is 0.0560. The van der Waals surface area contributed by atoms with E-state index < -0.39 is 20.2 Å². The Bertz CT molecular complexity index is 999. The molecule has 3 aromatic rings. The molecule has 0 radical (unpaired) electrons. The van der Waals surface area contributed by atoms with Crippen molar-refractivity contribution < 1.29 is 21.6 Å². The Morgan fingerprint density at radius 2 is 1.83 bits per heavy atom. The van der Waals surface area contributed by atoms with Gasteiger partial charge in [-0.2, -0.15) is 18.2 Å². The molecule has 0 saturated heterocycles. The molecule has 2 aromatic heterocycles. The van der Waals surface area contributed by atoms with E-state index in [1.54, 1.807) is 6.07 Å². The normalized spacial score (nSPS) is 12.7. The standard InChI is InChI=1S/C13H7ClF3N3O2S/c14-12-18-6-5-11(19-12)20-7-10(23(21,22)13(15,16)17)8-3-1-2-4-9(8)20/h1-7H. The fraction of sp³-hybridized carbons (Fsp3) is 0.0769. The summed E-state index contributed by atoms with van der Waals surface area (Å²) in [5, 5.41) is -0.167. The number of para-hydroxylation sites is 1. The molecule has 5 nitrogen and oxygen atoms in total. The Labute approximate surface area is 133 Å². The number of halogens is 4. The zero-order valence-electron chi connectivity index (χ0n) is 11.1. The first kappa shape index (κ1) is 15.8. The zero-order valence-corrected chi connectivity index (χ0v) is 12.7. The van der Waals surface area contributed by atoms with Crippen LogP contribution in [-0.4, -0.2) is 28.5 Å². The molecule has 0 amide bonds. The summed E-state index contributed by atoms with van der Waals surface area (Å²) in [6.45, 7) is 0. The molecule has 0 atom stereocenters. The zero-order chi connectivity index (χ0) is 16.8. The van der Waals surface area contributed by atoms with Crippen molar-refractivity contribution in [1.82, 2.24) is 14.5 Å². The summed E-state index contributed by atoms with van der Waals surface area (Å²) in [6.07, 6.45) is 2.20. The van der Waals surface area contributed by atoms with Crippen LogP contribution in [0.2, 0.25) is 5.28 Å². The molecular formula is C13H7ClF3N3O2S. The van der Waals surface area contributed by atoms with E-state index in [0.29, 0.717) is 0 Å². The number of fused-ring (bicyclic) bond motifs is 1. The van der Waals surface area contributed by atoms with Crippen LogP contribution in [-0.2, 0) is 9.84 Å². The largest absolute Gasteiger partial charge is 0.501 e. The molecule has 120 valence electrons. The van der Waals surface area contributed by atoms with Crippen LogP contribution in [0, 0.1) is 0 Å². The second-order valence-corrected chi connectivity index (χ2v) is 6.76. The van der Waals surface area contributed by atoms with Gasteiger partial charge in [0.2, 0.25) is 5.28 Å². The molecule has 10 heteroatoms. The van der Waals surface area contributed by atoms with E-state index in [2.05, 4.69) is 9.97 Å². The van der Waals surface area contributed by atoms with Crippen LogP contribution in [0.3, 0.4) is 0 Å². The number of nitrogens with zero attached hydrogens (tertiary/aromatic N) is 3. The Kier molecular flexibility index (Phi) is 3.56. The smallest absolute Gasteiger partial charge is 0.300 e. The summed E-state index contributed by atoms with van der Waals surface area (Å²) >= 11 is 5.68. The summed E-state index contributed by atoms with van der Waals surface area (Å²) in [6, 6.07) is 7.22. The molecule has 0 spiro atoms. The average molecular weight is 362 g/mol. The van der Waals surface area contributed by atoms with Crippen molar-refractivity contribution >= 4 is 32.3 Å². The van der Waals surface area contributed by atoms with Gasteiger partial charge >= 0.3 is 5.51 Å². The number of aromatic nitrogens is 3. The van der Waals surface area contributed by atoms with Crippen LogP contribution in [0.15, 0.2) is 47.6 Å². The minimum atomic E-state index is -5.50. The number of alkyl halides is 3. The topological polar surface area (TPSA) is 64.8 Å². The number of sulfone groups is 1. The van der Waals surface area contributed by atoms with Gasteiger partial charge in [0.25, 0.3) is 9.84 Å². The van der Waals surface area contributed by atoms with Crippen molar-refractivity contribution in [2.24, 2.45) is 0 Å². The fourth-order valence-electron chi connectivity index (χ4n) is 2.14. The van der Waals surface area contributed by atoms with E-state index in [-0.39, 0.29) is 22.0 Å². The van der Waals surface area contributed by atoms with Gasteiger partial charge in [-0.1, -0.05) is 18.2 Å². The van der Waals surface area contributed by atoms with Gasteiger partial charge in [-0.15, -0.1) is 0 Å². The van der Waals surface area contributed by atoms with Gasteiger partial charge in [-0.3, -0.25) is 4.57 Å². The second kappa shape index (κ2) is 5.20. The lowest BCUT2D eigenvalue weighted by Crippen LogP contribution is -2.23. The van der Waals surface area contributed by atoms with E-state index >= 15 is 0 Å². The quantitative estimate of drug-likeness (QED) is 0.656. The Morgan fingerprint density at radius 3 is 2.48 bits per heavy atom. The predicted molar refractivity (Wildman–Crippen MR) is 77.1 cm³/mol. The van der Waals surface area contributed by atoms with Crippen LogP contribution in [0.5, 0.6) is 0 Å². The summed E-state index contributed by atoms with van der Waals surface area (Å²) in [5.41, 5.74) is -5.14. The fourth-order valence-corrected chi connectivity index (χ4v) is 3.24. The number of rotatable bonds is 2. The van der Waals surface area contributed by atoms with Gasteiger partial charge in [-0.25, -0.2) is 13.4 Å². The maximum atomic E-state index is 12.9. The Hall–Kier alpha value is -2.13. The monoisotopic (exact) mass is 361 g/mol. The van der Waals surface area contributed by atoms with E-state index in [1.165, 1.54) is 35.0 Å². The molecule has 0 fully saturated rings. The van der Waals surface area contributed by atoms with Crippen molar-refractivity contribution in [2.45, 2.75) is 10.4 Å². The highest BCUT2D eigenvalue weighted by Gasteiger charge is 2.48. The SMILES string of the molecule is O=S(=O)(c1cn(-c2ccnc(Cl)n2)c2ccccc12)C(F)(F)F. The lowest BCUT2D eigenvalue weighted by molar-refractivity contribution is -0.0435. The van der Waals surface area contributed by atoms with Crippen LogP contribution in [0.1, 0.15) is 0 Å². The molecule has 2 heterocycles. The number of hydrogen-bond donors (Lipinski definition) is 0. The third-order valence-electron chi connectivity index (χ3n) is 3.13. The maximum Gasteiger partial charge on any atom is 0.501 e. The summed E-state index contributed by atoms with van der Waals surface area (Å²) in [4.78, 5) is 6.74. The minimum Gasteiger partial charge on any atom is -0.300 e. The third-order valence-corrected chi connectivity index (χ3v) is 4.82. The first-order valence-electron chi connectivity index (χ1n) is 6.12. The Morgan fingerprint density at radius 1 is 1.13 bits per heavy atom. The predicted octanol–water partition coefficient (Wildman–Crippen LogP) is 3.37. The van der Waals surface area contributed by atoms with Crippen LogP contribution < -0.4 is 0 Å². The molecular weight excluding hydrogens is 355 g/mol. The lowest BCUT2D eigenvalue weighted by atomic mass is 10.2. The van der Waals surface area contributed by atoms with E-state index in [0.717, 1.165) is 6.20 Å². The molecule has 3 rings (SSSR count). The molecule has 0 N–H and O–H groups in total. The van der Waals surface area contributed by atoms with Crippen molar-refractivity contribution in [3.05, 3.63) is 48.0 Å². The maximum absolute atomic E-state index is 12.9. The van der Waals surface area contributed by atoms with Gasteiger partial charge in [0.1, 0.15) is 10.7 Å². The van der Waals surface area contributed by atoms with Gasteiger partial charge in [0, 0.05) is 17.8 Å². The van der Waals surface area contributed by atoms with Crippen molar-refractivity contribution in [2.75, 3.05) is 0 Å². The molecule has 0 aliphatic heterocycles. The lowest BCUT2D eigenvalue weighted by Gasteiger charge is -2.06. The molecule has 0 unspecified atom stereocenters. The highest BCUT2D eigenvalue weighted by atomic mass is 35.5. The van der Waals surface area contributed by atoms with Gasteiger partial charge < -0.3 is 0 Å². The summed E-state index contributed by atoms with van der Waals surface area (Å²) in [7, 11) is -5.50. The van der Waals surface area contributed by atoms with Crippen molar-refractivity contribution in [3.63, 3.8) is 0 Å². The van der Waals surface area contributed by atoms with Crippen LogP contribution in [0.25, 0.3) is 16.7 Å². The third kappa shape index (κ3) is 2.55. The molecule has 23 heavy (non-hydrogen) atoms. The van der Waals surface area contributed by atoms with Gasteiger partial charge in [0.05, 0.1) is 5.52 Å². The molecule has 0 aliphatic rings. The van der Waals surface area contributed by atoms with Gasteiger partial charge in [0.15, 0.2) is 0 Å². The average Bonchev–Trinajstić information content (AvgIpc) is 2.86. The van der Waals surface area contributed by atoms with Crippen LogP contribution >= 0.6 is 11.6 Å². The summed E-state index contributed by atoms with van der Waals surface area (Å²) < 4.78 is 63.4. The Balaban J connectivity index is 2.36. The van der Waals surface area contributed by atoms with Crippen molar-refractivity contribution in [3.8, 4) is 5.82 Å².